The normalized spacial score (nSPS) is 13.5. The van der Waals surface area contributed by atoms with Crippen LogP contribution in [-0.4, -0.2) is 65.4 Å². The molecule has 0 aromatic rings. The Morgan fingerprint density at radius 3 is 1.30 bits per heavy atom. The molecule has 0 rings (SSSR count). The minimum absolute atomic E-state index is 0.367. The van der Waals surface area contributed by atoms with E-state index in [1.807, 2.05) is 13.1 Å². The molecule has 0 aliphatic carbocycles. The first kappa shape index (κ1) is 23.4. The fourth-order valence-corrected chi connectivity index (χ4v) is 5.58. The second-order valence-corrected chi connectivity index (χ2v) is 15.0. The standard InChI is InChI=1S/C13H33O7PSi2/c1-15-22(6,16-2)12-8-10-19-21(5,14)20-11-9-13-23(7,17-3)18-4/h8-13H2,1-7H3. The minimum atomic E-state index is -3.02. The third-order valence-electron chi connectivity index (χ3n) is 3.93. The molecule has 0 aromatic carbocycles. The summed E-state index contributed by atoms with van der Waals surface area (Å²) in [6, 6.07) is 1.57. The highest BCUT2D eigenvalue weighted by molar-refractivity contribution is 7.52. The molecule has 0 bridgehead atoms. The second kappa shape index (κ2) is 11.1. The van der Waals surface area contributed by atoms with Crippen molar-refractivity contribution >= 4 is 24.7 Å². The van der Waals surface area contributed by atoms with Crippen LogP contribution in [0.2, 0.25) is 25.2 Å². The van der Waals surface area contributed by atoms with E-state index in [4.69, 9.17) is 26.8 Å². The van der Waals surface area contributed by atoms with Gasteiger partial charge in [-0.1, -0.05) is 0 Å². The largest absolute Gasteiger partial charge is 0.398 e. The Hall–Kier alpha value is 0.424. The first-order valence-electron chi connectivity index (χ1n) is 7.73. The average molecular weight is 389 g/mol. The van der Waals surface area contributed by atoms with E-state index < -0.39 is 24.7 Å². The molecule has 0 aliphatic rings. The smallest absolute Gasteiger partial charge is 0.334 e. The van der Waals surface area contributed by atoms with Crippen molar-refractivity contribution in [2.75, 3.05) is 48.3 Å². The Bertz CT molecular complexity index is 332. The van der Waals surface area contributed by atoms with Gasteiger partial charge in [-0.25, -0.2) is 0 Å². The monoisotopic (exact) mass is 388 g/mol. The maximum Gasteiger partial charge on any atom is 0.334 e. The predicted molar refractivity (Wildman–Crippen MR) is 95.6 cm³/mol. The Morgan fingerprint density at radius 1 is 0.739 bits per heavy atom. The van der Waals surface area contributed by atoms with Crippen molar-refractivity contribution in [3.63, 3.8) is 0 Å². The fourth-order valence-electron chi connectivity index (χ4n) is 1.86. The SMILES string of the molecule is CO[Si](C)(CCCOP(C)(=O)OCCC[Si](C)(OC)OC)OC. The van der Waals surface area contributed by atoms with E-state index in [0.717, 1.165) is 24.9 Å². The van der Waals surface area contributed by atoms with Gasteiger partial charge in [-0.15, -0.1) is 0 Å². The molecule has 0 heterocycles. The van der Waals surface area contributed by atoms with Crippen LogP contribution in [0.1, 0.15) is 12.8 Å². The zero-order chi connectivity index (χ0) is 18.0. The highest BCUT2D eigenvalue weighted by atomic mass is 31.2. The average Bonchev–Trinajstić information content (AvgIpc) is 2.55. The van der Waals surface area contributed by atoms with Gasteiger partial charge in [0, 0.05) is 35.1 Å². The Labute approximate surface area is 143 Å². The minimum Gasteiger partial charge on any atom is -0.398 e. The van der Waals surface area contributed by atoms with Gasteiger partial charge in [0.2, 0.25) is 0 Å². The van der Waals surface area contributed by atoms with Crippen LogP contribution in [0.5, 0.6) is 0 Å². The van der Waals surface area contributed by atoms with Gasteiger partial charge >= 0.3 is 24.7 Å². The first-order valence-corrected chi connectivity index (χ1v) is 14.8. The quantitative estimate of drug-likeness (QED) is 0.257. The third kappa shape index (κ3) is 10.1. The molecule has 0 amide bonds. The van der Waals surface area contributed by atoms with Crippen molar-refractivity contribution in [3.8, 4) is 0 Å². The molecule has 10 heteroatoms. The maximum absolute atomic E-state index is 12.2. The second-order valence-electron chi connectivity index (χ2n) is 5.73. The van der Waals surface area contributed by atoms with Crippen molar-refractivity contribution < 1.29 is 31.3 Å². The molecule has 0 unspecified atom stereocenters. The maximum atomic E-state index is 12.2. The molecular formula is C13H33O7PSi2. The van der Waals surface area contributed by atoms with Crippen molar-refractivity contribution in [2.45, 2.75) is 38.0 Å². The van der Waals surface area contributed by atoms with E-state index in [2.05, 4.69) is 0 Å². The first-order chi connectivity index (χ1) is 10.7. The van der Waals surface area contributed by atoms with Crippen LogP contribution < -0.4 is 0 Å². The molecule has 0 aromatic heterocycles. The van der Waals surface area contributed by atoms with Crippen molar-refractivity contribution in [1.29, 1.82) is 0 Å². The van der Waals surface area contributed by atoms with E-state index in [1.165, 1.54) is 6.66 Å². The van der Waals surface area contributed by atoms with Gasteiger partial charge in [0.25, 0.3) is 0 Å². The van der Waals surface area contributed by atoms with Crippen LogP contribution >= 0.6 is 7.60 Å². The summed E-state index contributed by atoms with van der Waals surface area (Å²) in [5, 5.41) is 0. The summed E-state index contributed by atoms with van der Waals surface area (Å²) in [7, 11) is -0.582. The third-order valence-corrected chi connectivity index (χ3v) is 11.2. The summed E-state index contributed by atoms with van der Waals surface area (Å²) in [6.07, 6.45) is 1.45. The molecule has 0 aliphatic heterocycles. The van der Waals surface area contributed by atoms with Crippen LogP contribution in [0.15, 0.2) is 0 Å². The summed E-state index contributed by atoms with van der Waals surface area (Å²) in [5.41, 5.74) is 0. The molecule has 140 valence electrons. The molecule has 7 nitrogen and oxygen atoms in total. The summed E-state index contributed by atoms with van der Waals surface area (Å²) in [5.74, 6) is 0. The summed E-state index contributed by atoms with van der Waals surface area (Å²) in [4.78, 5) is 0. The van der Waals surface area contributed by atoms with Gasteiger partial charge in [-0.2, -0.15) is 0 Å². The molecule has 0 saturated carbocycles. The summed E-state index contributed by atoms with van der Waals surface area (Å²) < 4.78 is 44.5. The van der Waals surface area contributed by atoms with E-state index in [1.54, 1.807) is 28.4 Å². The van der Waals surface area contributed by atoms with Crippen LogP contribution in [0.25, 0.3) is 0 Å². The van der Waals surface area contributed by atoms with Gasteiger partial charge in [0.05, 0.1) is 13.2 Å². The zero-order valence-electron chi connectivity index (χ0n) is 15.5. The van der Waals surface area contributed by atoms with Crippen molar-refractivity contribution in [2.24, 2.45) is 0 Å². The van der Waals surface area contributed by atoms with Gasteiger partial charge in [0.15, 0.2) is 0 Å². The van der Waals surface area contributed by atoms with Crippen molar-refractivity contribution in [1.82, 2.24) is 0 Å². The lowest BCUT2D eigenvalue weighted by atomic mass is 10.5. The molecule has 0 atom stereocenters. The molecule has 0 saturated heterocycles. The lowest BCUT2D eigenvalue weighted by molar-refractivity contribution is 0.199. The topological polar surface area (TPSA) is 72.5 Å². The van der Waals surface area contributed by atoms with Crippen LogP contribution in [0.3, 0.4) is 0 Å². The highest BCUT2D eigenvalue weighted by Gasteiger charge is 2.29. The lowest BCUT2D eigenvalue weighted by Crippen LogP contribution is -2.36. The predicted octanol–water partition coefficient (Wildman–Crippen LogP) is 3.35. The van der Waals surface area contributed by atoms with Crippen LogP contribution in [0.4, 0.5) is 0 Å². The Morgan fingerprint density at radius 2 is 1.04 bits per heavy atom. The number of rotatable bonds is 14. The molecule has 23 heavy (non-hydrogen) atoms. The van der Waals surface area contributed by atoms with Gasteiger partial charge in [0.1, 0.15) is 0 Å². The van der Waals surface area contributed by atoms with E-state index in [0.29, 0.717) is 13.2 Å². The van der Waals surface area contributed by atoms with E-state index >= 15 is 0 Å². The highest BCUT2D eigenvalue weighted by Crippen LogP contribution is 2.44. The van der Waals surface area contributed by atoms with Gasteiger partial charge in [-0.3, -0.25) is 4.57 Å². The van der Waals surface area contributed by atoms with Crippen LogP contribution in [0, 0.1) is 0 Å². The molecule has 0 radical (unpaired) electrons. The Balaban J connectivity index is 3.96. The van der Waals surface area contributed by atoms with Crippen LogP contribution in [-0.2, 0) is 31.3 Å². The molecule has 0 N–H and O–H groups in total. The van der Waals surface area contributed by atoms with E-state index in [9.17, 15) is 4.57 Å². The van der Waals surface area contributed by atoms with Gasteiger partial charge < -0.3 is 26.8 Å². The Kier molecular flexibility index (Phi) is 11.3. The van der Waals surface area contributed by atoms with E-state index in [-0.39, 0.29) is 0 Å². The fraction of sp³-hybridized carbons (Fsp3) is 1.00. The summed E-state index contributed by atoms with van der Waals surface area (Å²) in [6.45, 7) is 6.21. The lowest BCUT2D eigenvalue weighted by Gasteiger charge is -2.23. The molecule has 0 fully saturated rings. The summed E-state index contributed by atoms with van der Waals surface area (Å²) >= 11 is 0. The molecular weight excluding hydrogens is 355 g/mol. The van der Waals surface area contributed by atoms with Crippen molar-refractivity contribution in [3.05, 3.63) is 0 Å². The number of hydrogen-bond acceptors (Lipinski definition) is 7. The van der Waals surface area contributed by atoms with Gasteiger partial charge in [-0.05, 0) is 38.0 Å². The number of hydrogen-bond donors (Lipinski definition) is 0. The molecule has 0 spiro atoms. The zero-order valence-corrected chi connectivity index (χ0v) is 18.4.